The Hall–Kier alpha value is -1.75. The highest BCUT2D eigenvalue weighted by Gasteiger charge is 2.25. The molecule has 1 aliphatic carbocycles. The average molecular weight is 295 g/mol. The summed E-state index contributed by atoms with van der Waals surface area (Å²) in [6.07, 6.45) is 6.49. The smallest absolute Gasteiger partial charge is 0.306 e. The van der Waals surface area contributed by atoms with Crippen molar-refractivity contribution in [1.29, 1.82) is 0 Å². The van der Waals surface area contributed by atoms with E-state index in [1.54, 1.807) is 12.2 Å². The van der Waals surface area contributed by atoms with E-state index in [0.717, 1.165) is 18.9 Å². The first kappa shape index (κ1) is 15.6. The number of hydrogen-bond acceptors (Lipinski definition) is 2. The number of rotatable bonds is 5. The number of benzene rings is 1. The van der Waals surface area contributed by atoms with Gasteiger partial charge in [0, 0.05) is 24.2 Å². The van der Waals surface area contributed by atoms with Crippen LogP contribution in [0.15, 0.2) is 24.3 Å². The molecule has 114 valence electrons. The van der Waals surface area contributed by atoms with Gasteiger partial charge in [-0.25, -0.2) is 8.78 Å². The summed E-state index contributed by atoms with van der Waals surface area (Å²) in [6, 6.07) is 3.80. The molecule has 0 spiro atoms. The largest absolute Gasteiger partial charge is 0.481 e. The predicted octanol–water partition coefficient (Wildman–Crippen LogP) is 3.21. The normalized spacial score (nSPS) is 22.6. The highest BCUT2D eigenvalue weighted by molar-refractivity contribution is 5.70. The van der Waals surface area contributed by atoms with E-state index in [9.17, 15) is 13.6 Å². The van der Waals surface area contributed by atoms with Gasteiger partial charge in [-0.05, 0) is 37.8 Å². The lowest BCUT2D eigenvalue weighted by Gasteiger charge is -2.26. The van der Waals surface area contributed by atoms with Gasteiger partial charge in [-0.1, -0.05) is 12.2 Å². The van der Waals surface area contributed by atoms with Gasteiger partial charge in [-0.2, -0.15) is 0 Å². The lowest BCUT2D eigenvalue weighted by molar-refractivity contribution is -0.142. The van der Waals surface area contributed by atoms with Crippen molar-refractivity contribution in [3.8, 4) is 0 Å². The molecular weight excluding hydrogens is 276 g/mol. The highest BCUT2D eigenvalue weighted by atomic mass is 19.1. The predicted molar refractivity (Wildman–Crippen MR) is 76.8 cm³/mol. The van der Waals surface area contributed by atoms with Crippen LogP contribution >= 0.6 is 0 Å². The maximum absolute atomic E-state index is 13.4. The van der Waals surface area contributed by atoms with E-state index in [1.807, 2.05) is 0 Å². The Balaban J connectivity index is 1.75. The molecule has 5 heteroatoms. The summed E-state index contributed by atoms with van der Waals surface area (Å²) < 4.78 is 26.1. The monoisotopic (exact) mass is 295 g/mol. The molecule has 0 bridgehead atoms. The van der Waals surface area contributed by atoms with Gasteiger partial charge in [-0.3, -0.25) is 4.79 Å². The minimum Gasteiger partial charge on any atom is -0.481 e. The zero-order valence-electron chi connectivity index (χ0n) is 11.7. The minimum atomic E-state index is -0.708. The maximum Gasteiger partial charge on any atom is 0.306 e. The molecule has 0 aliphatic heterocycles. The third kappa shape index (κ3) is 4.63. The molecule has 3 nitrogen and oxygen atoms in total. The lowest BCUT2D eigenvalue weighted by Crippen LogP contribution is -2.34. The Morgan fingerprint density at radius 1 is 1.29 bits per heavy atom. The van der Waals surface area contributed by atoms with E-state index in [4.69, 9.17) is 5.11 Å². The molecular formula is C16H19F2NO2. The van der Waals surface area contributed by atoms with Gasteiger partial charge >= 0.3 is 5.97 Å². The summed E-state index contributed by atoms with van der Waals surface area (Å²) in [6.45, 7) is 0.583. The molecule has 0 atom stereocenters. The Labute approximate surface area is 122 Å². The number of nitrogens with one attached hydrogen (secondary N) is 1. The molecule has 0 saturated heterocycles. The molecule has 2 rings (SSSR count). The minimum absolute atomic E-state index is 0.216. The van der Waals surface area contributed by atoms with Crippen LogP contribution in [0, 0.1) is 17.6 Å². The molecule has 0 amide bonds. The summed E-state index contributed by atoms with van der Waals surface area (Å²) in [5.41, 5.74) is 0.354. The van der Waals surface area contributed by atoms with Crippen LogP contribution in [0.3, 0.4) is 0 Å². The van der Waals surface area contributed by atoms with Crippen LogP contribution < -0.4 is 5.32 Å². The SMILES string of the molecule is O=C(O)C1CCC(NC/C=C/c2ccc(F)cc2F)CC1. The molecule has 1 saturated carbocycles. The fourth-order valence-corrected chi connectivity index (χ4v) is 2.60. The summed E-state index contributed by atoms with van der Waals surface area (Å²) in [5, 5.41) is 12.2. The van der Waals surface area contributed by atoms with Crippen molar-refractivity contribution in [3.05, 3.63) is 41.5 Å². The fourth-order valence-electron chi connectivity index (χ4n) is 2.60. The summed E-state index contributed by atoms with van der Waals surface area (Å²) in [5.74, 6) is -2.08. The number of hydrogen-bond donors (Lipinski definition) is 2. The number of aliphatic carboxylic acids is 1. The Morgan fingerprint density at radius 3 is 2.62 bits per heavy atom. The van der Waals surface area contributed by atoms with Gasteiger partial charge < -0.3 is 10.4 Å². The highest BCUT2D eigenvalue weighted by Crippen LogP contribution is 2.24. The van der Waals surface area contributed by atoms with Crippen molar-refractivity contribution < 1.29 is 18.7 Å². The van der Waals surface area contributed by atoms with Crippen LogP contribution in [0.1, 0.15) is 31.2 Å². The van der Waals surface area contributed by atoms with Crippen LogP contribution in [0.25, 0.3) is 6.08 Å². The molecule has 1 aromatic carbocycles. The van der Waals surface area contributed by atoms with Gasteiger partial charge in [0.05, 0.1) is 5.92 Å². The van der Waals surface area contributed by atoms with Gasteiger partial charge in [0.2, 0.25) is 0 Å². The van der Waals surface area contributed by atoms with E-state index in [-0.39, 0.29) is 5.92 Å². The van der Waals surface area contributed by atoms with Gasteiger partial charge in [0.1, 0.15) is 11.6 Å². The first-order valence-corrected chi connectivity index (χ1v) is 7.14. The number of halogens is 2. The van der Waals surface area contributed by atoms with Gasteiger partial charge in [0.15, 0.2) is 0 Å². The lowest BCUT2D eigenvalue weighted by atomic mass is 9.86. The van der Waals surface area contributed by atoms with E-state index in [0.29, 0.717) is 31.0 Å². The molecule has 0 unspecified atom stereocenters. The third-order valence-corrected chi connectivity index (χ3v) is 3.86. The molecule has 0 radical (unpaired) electrons. The first-order chi connectivity index (χ1) is 10.1. The summed E-state index contributed by atoms with van der Waals surface area (Å²) in [4.78, 5) is 10.8. The molecule has 1 aliphatic rings. The summed E-state index contributed by atoms with van der Waals surface area (Å²) in [7, 11) is 0. The quantitative estimate of drug-likeness (QED) is 0.877. The standard InChI is InChI=1S/C16H19F2NO2/c17-13-6-3-11(15(18)10-13)2-1-9-19-14-7-4-12(5-8-14)16(20)21/h1-3,6,10,12,14,19H,4-5,7-9H2,(H,20,21)/b2-1+. The van der Waals surface area contributed by atoms with Crippen molar-refractivity contribution in [1.82, 2.24) is 5.32 Å². The van der Waals surface area contributed by atoms with Crippen LogP contribution in [0.2, 0.25) is 0 Å². The molecule has 2 N–H and O–H groups in total. The van der Waals surface area contributed by atoms with Gasteiger partial charge in [0.25, 0.3) is 0 Å². The number of carboxylic acids is 1. The van der Waals surface area contributed by atoms with Crippen LogP contribution in [-0.4, -0.2) is 23.7 Å². The molecule has 0 aromatic heterocycles. The second-order valence-electron chi connectivity index (χ2n) is 5.36. The fraction of sp³-hybridized carbons (Fsp3) is 0.438. The Kier molecular flexibility index (Phi) is 5.44. The van der Waals surface area contributed by atoms with Gasteiger partial charge in [-0.15, -0.1) is 0 Å². The van der Waals surface area contributed by atoms with Crippen LogP contribution in [0.5, 0.6) is 0 Å². The van der Waals surface area contributed by atoms with Crippen LogP contribution in [0.4, 0.5) is 8.78 Å². The Morgan fingerprint density at radius 2 is 2.00 bits per heavy atom. The van der Waals surface area contributed by atoms with Crippen molar-refractivity contribution in [2.45, 2.75) is 31.7 Å². The molecule has 21 heavy (non-hydrogen) atoms. The molecule has 1 fully saturated rings. The Bertz CT molecular complexity index is 523. The third-order valence-electron chi connectivity index (χ3n) is 3.86. The maximum atomic E-state index is 13.4. The van der Waals surface area contributed by atoms with Crippen molar-refractivity contribution in [2.24, 2.45) is 5.92 Å². The number of carboxylic acid groups (broad SMARTS) is 1. The van der Waals surface area contributed by atoms with E-state index in [1.165, 1.54) is 12.1 Å². The zero-order chi connectivity index (χ0) is 15.2. The molecule has 1 aromatic rings. The van der Waals surface area contributed by atoms with E-state index in [2.05, 4.69) is 5.32 Å². The van der Waals surface area contributed by atoms with Crippen molar-refractivity contribution >= 4 is 12.0 Å². The zero-order valence-corrected chi connectivity index (χ0v) is 11.7. The van der Waals surface area contributed by atoms with Crippen molar-refractivity contribution in [3.63, 3.8) is 0 Å². The summed E-state index contributed by atoms with van der Waals surface area (Å²) >= 11 is 0. The van der Waals surface area contributed by atoms with Crippen LogP contribution in [-0.2, 0) is 4.79 Å². The second-order valence-corrected chi connectivity index (χ2v) is 5.36. The second kappa shape index (κ2) is 7.31. The van der Waals surface area contributed by atoms with Crippen molar-refractivity contribution in [2.75, 3.05) is 6.54 Å². The van der Waals surface area contributed by atoms with E-state index >= 15 is 0 Å². The first-order valence-electron chi connectivity index (χ1n) is 7.14. The average Bonchev–Trinajstić information content (AvgIpc) is 2.46. The van der Waals surface area contributed by atoms with E-state index < -0.39 is 17.6 Å². The topological polar surface area (TPSA) is 49.3 Å². The molecule has 0 heterocycles. The number of carbonyl (C=O) groups is 1.